The van der Waals surface area contributed by atoms with Crippen LogP contribution in [-0.2, 0) is 20.6 Å². The third-order valence-electron chi connectivity index (χ3n) is 4.89. The number of hydrogen-bond acceptors (Lipinski definition) is 5. The van der Waals surface area contributed by atoms with E-state index in [0.717, 1.165) is 36.3 Å². The van der Waals surface area contributed by atoms with Crippen LogP contribution in [0.3, 0.4) is 0 Å². The summed E-state index contributed by atoms with van der Waals surface area (Å²) in [5.74, 6) is 0.598. The Kier molecular flexibility index (Phi) is 4.31. The van der Waals surface area contributed by atoms with Gasteiger partial charge in [-0.1, -0.05) is 0 Å². The summed E-state index contributed by atoms with van der Waals surface area (Å²) in [7, 11) is 3.42. The zero-order valence-corrected chi connectivity index (χ0v) is 14.6. The Labute approximate surface area is 140 Å². The van der Waals surface area contributed by atoms with Crippen molar-refractivity contribution in [1.82, 2.24) is 24.6 Å². The number of anilines is 1. The number of H-pyrrole nitrogens is 1. The number of aromatic nitrogens is 4. The van der Waals surface area contributed by atoms with Crippen molar-refractivity contribution in [1.29, 1.82) is 0 Å². The van der Waals surface area contributed by atoms with Crippen molar-refractivity contribution in [3.63, 3.8) is 0 Å². The van der Waals surface area contributed by atoms with E-state index < -0.39 is 0 Å². The maximum atomic E-state index is 11.8. The van der Waals surface area contributed by atoms with Gasteiger partial charge in [0.25, 0.3) is 5.56 Å². The molecule has 0 spiro atoms. The molecule has 1 atom stereocenters. The predicted octanol–water partition coefficient (Wildman–Crippen LogP) is -0.208. The van der Waals surface area contributed by atoms with E-state index in [1.807, 2.05) is 23.6 Å². The van der Waals surface area contributed by atoms with Gasteiger partial charge in [0.15, 0.2) is 0 Å². The third kappa shape index (κ3) is 3.01. The minimum absolute atomic E-state index is 0.285. The summed E-state index contributed by atoms with van der Waals surface area (Å²) >= 11 is 0. The quantitative estimate of drug-likeness (QED) is 0.809. The summed E-state index contributed by atoms with van der Waals surface area (Å²) in [4.78, 5) is 28.3. The molecule has 2 aromatic heterocycles. The van der Waals surface area contributed by atoms with Crippen molar-refractivity contribution in [2.24, 2.45) is 14.1 Å². The molecule has 0 saturated carbocycles. The molecule has 1 saturated heterocycles. The van der Waals surface area contributed by atoms with E-state index in [1.54, 1.807) is 0 Å². The summed E-state index contributed by atoms with van der Waals surface area (Å²) in [6.45, 7) is 6.45. The Balaban J connectivity index is 1.66. The second-order valence-electron chi connectivity index (χ2n) is 6.44. The molecule has 3 heterocycles. The molecule has 2 N–H and O–H groups in total. The van der Waals surface area contributed by atoms with Crippen molar-refractivity contribution >= 4 is 5.82 Å². The van der Waals surface area contributed by atoms with Crippen LogP contribution in [0, 0.1) is 13.8 Å². The molecule has 0 aliphatic carbocycles. The second kappa shape index (κ2) is 6.27. The lowest BCUT2D eigenvalue weighted by atomic mass is 10.2. The molecule has 24 heavy (non-hydrogen) atoms. The Morgan fingerprint density at radius 2 is 2.08 bits per heavy atom. The molecule has 8 heteroatoms. The molecule has 1 aliphatic heterocycles. The Morgan fingerprint density at radius 1 is 1.33 bits per heavy atom. The third-order valence-corrected chi connectivity index (χ3v) is 4.89. The number of hydrogen-bond donors (Lipinski definition) is 2. The van der Waals surface area contributed by atoms with Gasteiger partial charge in [-0.25, -0.2) is 4.79 Å². The van der Waals surface area contributed by atoms with Crippen LogP contribution >= 0.6 is 0 Å². The van der Waals surface area contributed by atoms with E-state index in [-0.39, 0.29) is 11.2 Å². The number of rotatable bonds is 4. The fraction of sp³-hybridized carbons (Fsp3) is 0.562. The Morgan fingerprint density at radius 3 is 2.71 bits per heavy atom. The van der Waals surface area contributed by atoms with E-state index in [9.17, 15) is 9.59 Å². The van der Waals surface area contributed by atoms with E-state index in [0.29, 0.717) is 11.9 Å². The van der Waals surface area contributed by atoms with Crippen molar-refractivity contribution < 1.29 is 0 Å². The highest BCUT2D eigenvalue weighted by Gasteiger charge is 2.24. The maximum absolute atomic E-state index is 11.8. The van der Waals surface area contributed by atoms with Crippen LogP contribution in [-0.4, -0.2) is 38.5 Å². The minimum atomic E-state index is -0.379. The smallest absolute Gasteiger partial charge is 0.329 e. The first-order valence-electron chi connectivity index (χ1n) is 8.14. The van der Waals surface area contributed by atoms with Gasteiger partial charge in [-0.05, 0) is 20.3 Å². The monoisotopic (exact) mass is 332 g/mol. The highest BCUT2D eigenvalue weighted by Crippen LogP contribution is 2.17. The summed E-state index contributed by atoms with van der Waals surface area (Å²) in [5.41, 5.74) is 2.79. The zero-order valence-electron chi connectivity index (χ0n) is 14.6. The fourth-order valence-electron chi connectivity index (χ4n) is 3.18. The molecular weight excluding hydrogens is 308 g/mol. The van der Waals surface area contributed by atoms with Gasteiger partial charge in [0.05, 0.1) is 5.69 Å². The predicted molar refractivity (Wildman–Crippen MR) is 92.4 cm³/mol. The fourth-order valence-corrected chi connectivity index (χ4v) is 3.18. The molecule has 0 unspecified atom stereocenters. The van der Waals surface area contributed by atoms with Crippen molar-refractivity contribution in [3.05, 3.63) is 43.9 Å². The SMILES string of the molecule is Cc1nn(C)c(C)c1CN[C@H]1CCN(c2cc(=O)n(C)c(=O)[nH]2)C1. The van der Waals surface area contributed by atoms with Crippen LogP contribution in [0.5, 0.6) is 0 Å². The van der Waals surface area contributed by atoms with Gasteiger partial charge in [-0.15, -0.1) is 0 Å². The first-order chi connectivity index (χ1) is 11.4. The first-order valence-corrected chi connectivity index (χ1v) is 8.14. The Hall–Kier alpha value is -2.35. The molecule has 1 fully saturated rings. The highest BCUT2D eigenvalue weighted by atomic mass is 16.2. The van der Waals surface area contributed by atoms with Gasteiger partial charge < -0.3 is 10.2 Å². The van der Waals surface area contributed by atoms with Crippen LogP contribution in [0.15, 0.2) is 15.7 Å². The number of nitrogens with zero attached hydrogens (tertiary/aromatic N) is 4. The molecule has 8 nitrogen and oxygen atoms in total. The topological polar surface area (TPSA) is 87.9 Å². The van der Waals surface area contributed by atoms with Crippen molar-refractivity contribution in [2.75, 3.05) is 18.0 Å². The van der Waals surface area contributed by atoms with Crippen LogP contribution in [0.25, 0.3) is 0 Å². The zero-order chi connectivity index (χ0) is 17.4. The number of aromatic amines is 1. The van der Waals surface area contributed by atoms with Crippen molar-refractivity contribution in [3.8, 4) is 0 Å². The second-order valence-corrected chi connectivity index (χ2v) is 6.44. The lowest BCUT2D eigenvalue weighted by Gasteiger charge is -2.18. The molecule has 0 bridgehead atoms. The Bertz CT molecular complexity index is 831. The molecule has 0 aromatic carbocycles. The summed E-state index contributed by atoms with van der Waals surface area (Å²) < 4.78 is 2.97. The largest absolute Gasteiger partial charge is 0.356 e. The normalized spacial score (nSPS) is 17.7. The van der Waals surface area contributed by atoms with Crippen molar-refractivity contribution in [2.45, 2.75) is 32.9 Å². The van der Waals surface area contributed by atoms with Gasteiger partial charge in [-0.3, -0.25) is 19.0 Å². The molecule has 3 rings (SSSR count). The summed E-state index contributed by atoms with van der Waals surface area (Å²) in [5, 5.41) is 8.00. The van der Waals surface area contributed by atoms with Gasteiger partial charge in [0.1, 0.15) is 5.82 Å². The standard InChI is InChI=1S/C16H24N6O2/c1-10-13(11(2)21(4)19-10)8-17-12-5-6-22(9-12)14-7-15(23)20(3)16(24)18-14/h7,12,17H,5-6,8-9H2,1-4H3,(H,18,24)/t12-/m0/s1. The first kappa shape index (κ1) is 16.5. The maximum Gasteiger partial charge on any atom is 0.329 e. The van der Waals surface area contributed by atoms with E-state index >= 15 is 0 Å². The van der Waals surface area contributed by atoms with Gasteiger partial charge in [-0.2, -0.15) is 5.10 Å². The highest BCUT2D eigenvalue weighted by molar-refractivity contribution is 5.38. The van der Waals surface area contributed by atoms with Crippen LogP contribution in [0.1, 0.15) is 23.4 Å². The van der Waals surface area contributed by atoms with E-state index in [4.69, 9.17) is 0 Å². The van der Waals surface area contributed by atoms with Gasteiger partial charge >= 0.3 is 5.69 Å². The van der Waals surface area contributed by atoms with Gasteiger partial charge in [0.2, 0.25) is 0 Å². The molecular formula is C16H24N6O2. The molecule has 130 valence electrons. The van der Waals surface area contributed by atoms with Gasteiger partial charge in [0, 0.05) is 57.1 Å². The summed E-state index contributed by atoms with van der Waals surface area (Å²) in [6.07, 6.45) is 0.968. The van der Waals surface area contributed by atoms with Crippen LogP contribution in [0.2, 0.25) is 0 Å². The van der Waals surface area contributed by atoms with Crippen LogP contribution in [0.4, 0.5) is 5.82 Å². The van der Waals surface area contributed by atoms with E-state index in [2.05, 4.69) is 22.3 Å². The molecule has 1 aliphatic rings. The number of nitrogens with one attached hydrogen (secondary N) is 2. The molecule has 0 amide bonds. The molecule has 0 radical (unpaired) electrons. The molecule has 2 aromatic rings. The minimum Gasteiger partial charge on any atom is -0.356 e. The lowest BCUT2D eigenvalue weighted by molar-refractivity contribution is 0.548. The average molecular weight is 332 g/mol. The average Bonchev–Trinajstić information content (AvgIpc) is 3.09. The van der Waals surface area contributed by atoms with Crippen LogP contribution < -0.4 is 21.5 Å². The van der Waals surface area contributed by atoms with E-state index in [1.165, 1.54) is 24.4 Å². The summed E-state index contributed by atoms with van der Waals surface area (Å²) in [6, 6.07) is 1.80. The number of aryl methyl sites for hydroxylation is 2. The lowest BCUT2D eigenvalue weighted by Crippen LogP contribution is -2.37.